The Balaban J connectivity index is 2.97. The van der Waals surface area contributed by atoms with Crippen LogP contribution in [0.5, 0.6) is 5.75 Å². The number of rotatable bonds is 7. The smallest absolute Gasteiger partial charge is 0.119 e. The van der Waals surface area contributed by atoms with Gasteiger partial charge in [-0.15, -0.1) is 0 Å². The summed E-state index contributed by atoms with van der Waals surface area (Å²) in [5.41, 5.74) is 9.32. The first kappa shape index (κ1) is 14.9. The van der Waals surface area contributed by atoms with Crippen molar-refractivity contribution >= 4 is 15.9 Å². The Labute approximate surface area is 116 Å². The van der Waals surface area contributed by atoms with Gasteiger partial charge in [-0.3, -0.25) is 0 Å². The summed E-state index contributed by atoms with van der Waals surface area (Å²) in [5, 5.41) is 4.79. The molecule has 0 amide bonds. The third kappa shape index (κ3) is 3.40. The lowest BCUT2D eigenvalue weighted by molar-refractivity contribution is 0.344. The monoisotopic (exact) mass is 311 g/mol. The van der Waals surface area contributed by atoms with Gasteiger partial charge in [0.1, 0.15) is 5.75 Å². The van der Waals surface area contributed by atoms with Crippen LogP contribution >= 0.6 is 15.9 Å². The van der Waals surface area contributed by atoms with E-state index in [1.807, 2.05) is 38.1 Å². The zero-order chi connectivity index (χ0) is 13.4. The molecule has 0 heterocycles. The Morgan fingerprint density at radius 2 is 1.89 bits per heavy atom. The first-order chi connectivity index (χ1) is 8.72. The highest BCUT2D eigenvalue weighted by atomic mass is 79.9. The van der Waals surface area contributed by atoms with Gasteiger partial charge >= 0.3 is 0 Å². The lowest BCUT2D eigenvalue weighted by Crippen LogP contribution is -2.20. The Morgan fingerprint density at radius 3 is 2.33 bits per heavy atom. The summed E-state index contributed by atoms with van der Waals surface area (Å²) in [7, 11) is 0. The van der Waals surface area contributed by atoms with Gasteiger partial charge in [0, 0.05) is 10.2 Å². The molecular weight excluding hydrogens is 294 g/mol. The van der Waals surface area contributed by atoms with Crippen LogP contribution in [0.25, 0.3) is 10.4 Å². The fourth-order valence-electron chi connectivity index (χ4n) is 1.96. The van der Waals surface area contributed by atoms with E-state index in [2.05, 4.69) is 26.0 Å². The predicted molar refractivity (Wildman–Crippen MR) is 77.1 cm³/mol. The maximum atomic E-state index is 8.72. The number of halogens is 1. The molecule has 0 aromatic heterocycles. The van der Waals surface area contributed by atoms with Crippen molar-refractivity contribution in [3.05, 3.63) is 40.3 Å². The van der Waals surface area contributed by atoms with Crippen LogP contribution in [0.15, 0.2) is 29.4 Å². The highest BCUT2D eigenvalue weighted by molar-refractivity contribution is 9.09. The van der Waals surface area contributed by atoms with Gasteiger partial charge in [0.2, 0.25) is 0 Å². The van der Waals surface area contributed by atoms with Crippen LogP contribution < -0.4 is 4.74 Å². The van der Waals surface area contributed by atoms with E-state index < -0.39 is 5.54 Å². The quantitative estimate of drug-likeness (QED) is 0.309. The normalized spacial score (nSPS) is 10.8. The molecule has 4 nitrogen and oxygen atoms in total. The second kappa shape index (κ2) is 7.29. The molecule has 0 radical (unpaired) electrons. The van der Waals surface area contributed by atoms with Crippen molar-refractivity contribution < 1.29 is 4.74 Å². The van der Waals surface area contributed by atoms with E-state index in [0.717, 1.165) is 29.5 Å². The third-order valence-corrected chi connectivity index (χ3v) is 3.47. The fourth-order valence-corrected chi connectivity index (χ4v) is 2.12. The van der Waals surface area contributed by atoms with E-state index in [-0.39, 0.29) is 0 Å². The number of azide groups is 1. The summed E-state index contributed by atoms with van der Waals surface area (Å²) < 4.78 is 5.50. The summed E-state index contributed by atoms with van der Waals surface area (Å²) >= 11 is 3.32. The van der Waals surface area contributed by atoms with Gasteiger partial charge in [0.15, 0.2) is 0 Å². The molecule has 0 aliphatic heterocycles. The molecule has 0 N–H and O–H groups in total. The molecule has 0 spiro atoms. The lowest BCUT2D eigenvalue weighted by atomic mass is 9.86. The van der Waals surface area contributed by atoms with E-state index in [1.165, 1.54) is 0 Å². The number of benzene rings is 1. The third-order valence-electron chi connectivity index (χ3n) is 3.14. The van der Waals surface area contributed by atoms with E-state index in [4.69, 9.17) is 10.3 Å². The molecule has 1 rings (SSSR count). The topological polar surface area (TPSA) is 58.0 Å². The molecule has 5 heteroatoms. The van der Waals surface area contributed by atoms with Gasteiger partial charge in [-0.05, 0) is 36.1 Å². The summed E-state index contributed by atoms with van der Waals surface area (Å²) in [6.45, 7) is 4.71. The van der Waals surface area contributed by atoms with Crippen LogP contribution in [0, 0.1) is 0 Å². The standard InChI is InChI=1S/C13H18BrN3O/c1-3-13(4-2,16-17-15)11-5-7-12(8-6-11)18-10-9-14/h5-8H,3-4,9-10H2,1-2H3. The van der Waals surface area contributed by atoms with Crippen molar-refractivity contribution in [3.8, 4) is 5.75 Å². The molecule has 0 bridgehead atoms. The maximum absolute atomic E-state index is 8.72. The molecule has 98 valence electrons. The summed E-state index contributed by atoms with van der Waals surface area (Å²) in [4.78, 5) is 2.99. The summed E-state index contributed by atoms with van der Waals surface area (Å²) in [6.07, 6.45) is 1.57. The Bertz CT molecular complexity index is 409. The molecule has 0 unspecified atom stereocenters. The Kier molecular flexibility index (Phi) is 6.02. The van der Waals surface area contributed by atoms with Gasteiger partial charge in [-0.1, -0.05) is 47.0 Å². The van der Waals surface area contributed by atoms with Crippen LogP contribution in [0.2, 0.25) is 0 Å². The van der Waals surface area contributed by atoms with Crippen LogP contribution in [0.3, 0.4) is 0 Å². The first-order valence-corrected chi connectivity index (χ1v) is 7.20. The predicted octanol–water partition coefficient (Wildman–Crippen LogP) is 4.79. The van der Waals surface area contributed by atoms with E-state index in [0.29, 0.717) is 6.61 Å². The highest BCUT2D eigenvalue weighted by Gasteiger charge is 2.26. The second-order valence-electron chi connectivity index (χ2n) is 3.99. The van der Waals surface area contributed by atoms with Crippen LogP contribution in [0.4, 0.5) is 0 Å². The molecule has 0 fully saturated rings. The molecule has 0 saturated carbocycles. The van der Waals surface area contributed by atoms with Crippen LogP contribution in [-0.4, -0.2) is 11.9 Å². The number of nitrogens with zero attached hydrogens (tertiary/aromatic N) is 3. The first-order valence-electron chi connectivity index (χ1n) is 6.08. The molecule has 0 aliphatic carbocycles. The number of hydrogen-bond donors (Lipinski definition) is 0. The van der Waals surface area contributed by atoms with Crippen molar-refractivity contribution in [2.75, 3.05) is 11.9 Å². The number of ether oxygens (including phenoxy) is 1. The van der Waals surface area contributed by atoms with Crippen molar-refractivity contribution in [2.45, 2.75) is 32.2 Å². The minimum atomic E-state index is -0.442. The highest BCUT2D eigenvalue weighted by Crippen LogP contribution is 2.34. The molecule has 0 saturated heterocycles. The number of hydrogen-bond acceptors (Lipinski definition) is 2. The van der Waals surface area contributed by atoms with E-state index in [9.17, 15) is 0 Å². The van der Waals surface area contributed by atoms with Crippen molar-refractivity contribution in [3.63, 3.8) is 0 Å². The largest absolute Gasteiger partial charge is 0.493 e. The second-order valence-corrected chi connectivity index (χ2v) is 4.78. The average molecular weight is 312 g/mol. The van der Waals surface area contributed by atoms with E-state index >= 15 is 0 Å². The number of alkyl halides is 1. The minimum Gasteiger partial charge on any atom is -0.493 e. The average Bonchev–Trinajstić information content (AvgIpc) is 2.43. The summed E-state index contributed by atoms with van der Waals surface area (Å²) in [5.74, 6) is 0.834. The van der Waals surface area contributed by atoms with E-state index in [1.54, 1.807) is 0 Å². The SMILES string of the molecule is CCC(CC)(N=[N+]=[N-])c1ccc(OCCBr)cc1. The molecule has 18 heavy (non-hydrogen) atoms. The Hall–Kier alpha value is -1.19. The van der Waals surface area contributed by atoms with Gasteiger partial charge < -0.3 is 4.74 Å². The van der Waals surface area contributed by atoms with Gasteiger partial charge in [0.05, 0.1) is 12.1 Å². The minimum absolute atomic E-state index is 0.442. The zero-order valence-electron chi connectivity index (χ0n) is 10.8. The zero-order valence-corrected chi connectivity index (χ0v) is 12.4. The molecule has 1 aromatic rings. The molecular formula is C13H18BrN3O. The molecule has 0 atom stereocenters. The van der Waals surface area contributed by atoms with Gasteiger partial charge in [-0.25, -0.2) is 0 Å². The van der Waals surface area contributed by atoms with Crippen LogP contribution in [-0.2, 0) is 5.54 Å². The fraction of sp³-hybridized carbons (Fsp3) is 0.538. The summed E-state index contributed by atoms with van der Waals surface area (Å²) in [6, 6.07) is 7.80. The molecule has 0 aliphatic rings. The van der Waals surface area contributed by atoms with Crippen LogP contribution in [0.1, 0.15) is 32.3 Å². The van der Waals surface area contributed by atoms with Crippen molar-refractivity contribution in [2.24, 2.45) is 5.11 Å². The van der Waals surface area contributed by atoms with Crippen molar-refractivity contribution in [1.82, 2.24) is 0 Å². The van der Waals surface area contributed by atoms with Gasteiger partial charge in [0.25, 0.3) is 0 Å². The molecule has 1 aromatic carbocycles. The maximum Gasteiger partial charge on any atom is 0.119 e. The van der Waals surface area contributed by atoms with Crippen molar-refractivity contribution in [1.29, 1.82) is 0 Å². The Morgan fingerprint density at radius 1 is 1.28 bits per heavy atom. The van der Waals surface area contributed by atoms with Gasteiger partial charge in [-0.2, -0.15) is 0 Å². The lowest BCUT2D eigenvalue weighted by Gasteiger charge is -2.26.